The van der Waals surface area contributed by atoms with Crippen molar-refractivity contribution in [1.82, 2.24) is 15.6 Å². The van der Waals surface area contributed by atoms with Gasteiger partial charge in [-0.15, -0.1) is 0 Å². The number of carbonyl (C=O) groups is 3. The lowest BCUT2D eigenvalue weighted by atomic mass is 10.2. The average molecular weight is 385 g/mol. The Labute approximate surface area is 162 Å². The summed E-state index contributed by atoms with van der Waals surface area (Å²) in [7, 11) is 0. The molecular formula is C20H23N3O5. The van der Waals surface area contributed by atoms with E-state index in [1.165, 1.54) is 6.92 Å². The maximum Gasteiger partial charge on any atom is 0.361 e. The van der Waals surface area contributed by atoms with Gasteiger partial charge in [0, 0.05) is 11.6 Å². The molecule has 8 heteroatoms. The van der Waals surface area contributed by atoms with E-state index in [-0.39, 0.29) is 23.4 Å². The number of benzene rings is 1. The molecule has 8 nitrogen and oxygen atoms in total. The molecule has 0 aliphatic heterocycles. The first-order chi connectivity index (χ1) is 13.4. The van der Waals surface area contributed by atoms with Gasteiger partial charge < -0.3 is 14.5 Å². The minimum Gasteiger partial charge on any atom is -0.448 e. The Bertz CT molecular complexity index is 856. The highest BCUT2D eigenvalue weighted by molar-refractivity contribution is 5.98. The molecular weight excluding hydrogens is 362 g/mol. The number of carbonyl (C=O) groups excluding carboxylic acids is 3. The Hall–Kier alpha value is -3.16. The van der Waals surface area contributed by atoms with E-state index < -0.39 is 24.0 Å². The number of urea groups is 1. The quantitative estimate of drug-likeness (QED) is 0.766. The van der Waals surface area contributed by atoms with Crippen LogP contribution in [0.5, 0.6) is 0 Å². The molecule has 0 saturated heterocycles. The first kappa shape index (κ1) is 19.6. The molecule has 3 rings (SSSR count). The van der Waals surface area contributed by atoms with E-state index in [1.807, 2.05) is 18.2 Å². The number of amides is 3. The zero-order valence-electron chi connectivity index (χ0n) is 15.9. The fourth-order valence-electron chi connectivity index (χ4n) is 3.07. The first-order valence-electron chi connectivity index (χ1n) is 9.29. The van der Waals surface area contributed by atoms with Gasteiger partial charge in [-0.3, -0.25) is 10.1 Å². The van der Waals surface area contributed by atoms with Gasteiger partial charge in [-0.05, 0) is 38.8 Å². The smallest absolute Gasteiger partial charge is 0.361 e. The number of rotatable bonds is 5. The normalized spacial score (nSPS) is 15.1. The van der Waals surface area contributed by atoms with Crippen LogP contribution in [-0.2, 0) is 9.53 Å². The molecule has 3 amide bonds. The monoisotopic (exact) mass is 385 g/mol. The summed E-state index contributed by atoms with van der Waals surface area (Å²) >= 11 is 0. The third-order valence-electron chi connectivity index (χ3n) is 4.59. The molecule has 1 atom stereocenters. The summed E-state index contributed by atoms with van der Waals surface area (Å²) in [5, 5.41) is 4.94. The number of hydrogen-bond donors (Lipinski definition) is 2. The molecule has 0 radical (unpaired) electrons. The molecule has 1 aromatic heterocycles. The Kier molecular flexibility index (Phi) is 6.08. The largest absolute Gasteiger partial charge is 0.448 e. The summed E-state index contributed by atoms with van der Waals surface area (Å²) < 4.78 is 10.7. The van der Waals surface area contributed by atoms with Crippen LogP contribution in [0.3, 0.4) is 0 Å². The SMILES string of the molecule is Cc1oc(-c2ccccc2)nc1C(=O)O[C@@H](C)C(=O)NC(=O)NC1CCCC1. The lowest BCUT2D eigenvalue weighted by Gasteiger charge is -2.15. The fraction of sp³-hybridized carbons (Fsp3) is 0.400. The van der Waals surface area contributed by atoms with Crippen molar-refractivity contribution < 1.29 is 23.5 Å². The molecule has 28 heavy (non-hydrogen) atoms. The zero-order chi connectivity index (χ0) is 20.1. The van der Waals surface area contributed by atoms with Gasteiger partial charge in [-0.25, -0.2) is 14.6 Å². The zero-order valence-corrected chi connectivity index (χ0v) is 15.9. The Balaban J connectivity index is 1.57. The molecule has 148 valence electrons. The van der Waals surface area contributed by atoms with Crippen molar-refractivity contribution in [3.8, 4) is 11.5 Å². The number of esters is 1. The van der Waals surface area contributed by atoms with Crippen LogP contribution in [0.25, 0.3) is 11.5 Å². The Morgan fingerprint density at radius 2 is 1.86 bits per heavy atom. The number of aryl methyl sites for hydroxylation is 1. The number of ether oxygens (including phenoxy) is 1. The number of oxazole rings is 1. The number of imide groups is 1. The number of nitrogens with zero attached hydrogens (tertiary/aromatic N) is 1. The van der Waals surface area contributed by atoms with Gasteiger partial charge in [0.25, 0.3) is 5.91 Å². The van der Waals surface area contributed by atoms with Crippen molar-refractivity contribution in [3.05, 3.63) is 41.8 Å². The average Bonchev–Trinajstić information content (AvgIpc) is 3.31. The van der Waals surface area contributed by atoms with Crippen LogP contribution < -0.4 is 10.6 Å². The van der Waals surface area contributed by atoms with Crippen LogP contribution in [-0.4, -0.2) is 35.0 Å². The Morgan fingerprint density at radius 1 is 1.18 bits per heavy atom. The molecule has 1 aliphatic rings. The second kappa shape index (κ2) is 8.69. The van der Waals surface area contributed by atoms with E-state index in [0.29, 0.717) is 0 Å². The third-order valence-corrected chi connectivity index (χ3v) is 4.59. The van der Waals surface area contributed by atoms with Crippen LogP contribution >= 0.6 is 0 Å². The van der Waals surface area contributed by atoms with Crippen LogP contribution in [0.2, 0.25) is 0 Å². The van der Waals surface area contributed by atoms with Crippen molar-refractivity contribution in [2.75, 3.05) is 0 Å². The van der Waals surface area contributed by atoms with Gasteiger partial charge in [-0.1, -0.05) is 31.0 Å². The van der Waals surface area contributed by atoms with E-state index >= 15 is 0 Å². The minimum atomic E-state index is -1.15. The van der Waals surface area contributed by atoms with E-state index in [0.717, 1.165) is 31.2 Å². The van der Waals surface area contributed by atoms with Gasteiger partial charge in [0.2, 0.25) is 5.89 Å². The molecule has 1 fully saturated rings. The van der Waals surface area contributed by atoms with Crippen LogP contribution in [0, 0.1) is 6.92 Å². The van der Waals surface area contributed by atoms with Crippen LogP contribution in [0.15, 0.2) is 34.7 Å². The topological polar surface area (TPSA) is 111 Å². The van der Waals surface area contributed by atoms with E-state index in [4.69, 9.17) is 9.15 Å². The summed E-state index contributed by atoms with van der Waals surface area (Å²) in [6, 6.07) is 8.63. The van der Waals surface area contributed by atoms with Crippen LogP contribution in [0.1, 0.15) is 48.9 Å². The molecule has 2 N–H and O–H groups in total. The van der Waals surface area contributed by atoms with Crippen LogP contribution in [0.4, 0.5) is 4.79 Å². The van der Waals surface area contributed by atoms with Crippen molar-refractivity contribution in [3.63, 3.8) is 0 Å². The maximum atomic E-state index is 12.4. The molecule has 1 aromatic carbocycles. The van der Waals surface area contributed by atoms with Crippen molar-refractivity contribution in [2.24, 2.45) is 0 Å². The number of hydrogen-bond acceptors (Lipinski definition) is 6. The molecule has 0 unspecified atom stereocenters. The molecule has 0 spiro atoms. The van der Waals surface area contributed by atoms with Gasteiger partial charge in [0.15, 0.2) is 11.8 Å². The summed E-state index contributed by atoms with van der Waals surface area (Å²) in [6.07, 6.45) is 2.78. The summed E-state index contributed by atoms with van der Waals surface area (Å²) in [4.78, 5) is 40.5. The van der Waals surface area contributed by atoms with Gasteiger partial charge in [0.05, 0.1) is 0 Å². The summed E-state index contributed by atoms with van der Waals surface area (Å²) in [5.41, 5.74) is 0.716. The van der Waals surface area contributed by atoms with Crippen molar-refractivity contribution >= 4 is 17.9 Å². The number of aromatic nitrogens is 1. The second-order valence-electron chi connectivity index (χ2n) is 6.78. The highest BCUT2D eigenvalue weighted by Gasteiger charge is 2.26. The lowest BCUT2D eigenvalue weighted by Crippen LogP contribution is -2.47. The molecule has 0 bridgehead atoms. The Morgan fingerprint density at radius 3 is 2.54 bits per heavy atom. The summed E-state index contributed by atoms with van der Waals surface area (Å²) in [5.74, 6) is -0.913. The third kappa shape index (κ3) is 4.76. The van der Waals surface area contributed by atoms with Gasteiger partial charge >= 0.3 is 12.0 Å². The first-order valence-corrected chi connectivity index (χ1v) is 9.29. The van der Waals surface area contributed by atoms with E-state index in [2.05, 4.69) is 15.6 Å². The minimum absolute atomic E-state index is 0.00564. The second-order valence-corrected chi connectivity index (χ2v) is 6.78. The highest BCUT2D eigenvalue weighted by atomic mass is 16.5. The summed E-state index contributed by atoms with van der Waals surface area (Å²) in [6.45, 7) is 2.99. The van der Waals surface area contributed by atoms with E-state index in [1.54, 1.807) is 19.1 Å². The highest BCUT2D eigenvalue weighted by Crippen LogP contribution is 2.22. The molecule has 1 aliphatic carbocycles. The predicted octanol–water partition coefficient (Wildman–Crippen LogP) is 2.96. The standard InChI is InChI=1S/C20H23N3O5/c1-12-16(22-18(27-12)14-8-4-3-5-9-14)19(25)28-13(2)17(24)23-20(26)21-15-10-6-7-11-15/h3-5,8-9,13,15H,6-7,10-11H2,1-2H3,(H2,21,23,24,26)/t13-/m0/s1. The predicted molar refractivity (Wildman–Crippen MR) is 100 cm³/mol. The van der Waals surface area contributed by atoms with Crippen molar-refractivity contribution in [1.29, 1.82) is 0 Å². The van der Waals surface area contributed by atoms with Gasteiger partial charge in [0.1, 0.15) is 5.76 Å². The maximum absolute atomic E-state index is 12.4. The molecule has 1 heterocycles. The molecule has 2 aromatic rings. The van der Waals surface area contributed by atoms with Crippen molar-refractivity contribution in [2.45, 2.75) is 51.7 Å². The molecule has 1 saturated carbocycles. The number of nitrogens with one attached hydrogen (secondary N) is 2. The lowest BCUT2D eigenvalue weighted by molar-refractivity contribution is -0.127. The van der Waals surface area contributed by atoms with E-state index in [9.17, 15) is 14.4 Å². The fourth-order valence-corrected chi connectivity index (χ4v) is 3.07. The van der Waals surface area contributed by atoms with Gasteiger partial charge in [-0.2, -0.15) is 0 Å².